The van der Waals surface area contributed by atoms with Gasteiger partial charge in [-0.2, -0.15) is 5.26 Å². The van der Waals surface area contributed by atoms with Crippen LogP contribution in [0.5, 0.6) is 5.75 Å². The van der Waals surface area contributed by atoms with E-state index in [0.29, 0.717) is 17.9 Å². The Bertz CT molecular complexity index is 688. The fourth-order valence-corrected chi connectivity index (χ4v) is 1.94. The molecule has 1 N–H and O–H groups in total. The second kappa shape index (κ2) is 7.97. The Morgan fingerprint density at radius 3 is 2.39 bits per heavy atom. The zero-order valence-electron chi connectivity index (χ0n) is 13.1. The van der Waals surface area contributed by atoms with Crippen molar-refractivity contribution in [1.29, 1.82) is 5.26 Å². The first kappa shape index (κ1) is 16.5. The average Bonchev–Trinajstić information content (AvgIpc) is 2.60. The number of carbonyl (C=O) groups is 1. The van der Waals surface area contributed by atoms with Crippen molar-refractivity contribution in [3.8, 4) is 11.8 Å². The summed E-state index contributed by atoms with van der Waals surface area (Å²) in [5.74, 6) is 0.0811. The Morgan fingerprint density at radius 2 is 1.83 bits per heavy atom. The molecule has 0 saturated heterocycles. The van der Waals surface area contributed by atoms with Crippen LogP contribution in [0.3, 0.4) is 0 Å². The molecule has 0 aliphatic rings. The van der Waals surface area contributed by atoms with Crippen LogP contribution < -0.4 is 10.1 Å². The highest BCUT2D eigenvalue weighted by atomic mass is 16.6. The van der Waals surface area contributed by atoms with Crippen LogP contribution in [0.4, 0.5) is 0 Å². The molecule has 0 heterocycles. The maximum Gasteiger partial charge on any atom is 0.362 e. The molecule has 0 saturated carbocycles. The van der Waals surface area contributed by atoms with Gasteiger partial charge in [0.1, 0.15) is 5.75 Å². The summed E-state index contributed by atoms with van der Waals surface area (Å²) < 4.78 is 10.4. The third kappa shape index (κ3) is 4.83. The number of ether oxygens (including phenoxy) is 2. The van der Waals surface area contributed by atoms with Gasteiger partial charge in [0.25, 0.3) is 0 Å². The molecular weight excluding hydrogens is 292 g/mol. The van der Waals surface area contributed by atoms with Crippen LogP contribution in [0.25, 0.3) is 0 Å². The normalized spacial score (nSPS) is 11.3. The van der Waals surface area contributed by atoms with Crippen molar-refractivity contribution in [3.05, 3.63) is 65.2 Å². The fourth-order valence-electron chi connectivity index (χ4n) is 1.94. The lowest BCUT2D eigenvalue weighted by atomic mass is 10.1. The topological polar surface area (TPSA) is 71.3 Å². The monoisotopic (exact) mass is 310 g/mol. The van der Waals surface area contributed by atoms with E-state index in [1.165, 1.54) is 7.11 Å². The first-order chi connectivity index (χ1) is 11.1. The van der Waals surface area contributed by atoms with E-state index in [1.807, 2.05) is 31.2 Å². The molecule has 2 aromatic carbocycles. The molecule has 0 aliphatic carbocycles. The largest absolute Gasteiger partial charge is 0.465 e. The van der Waals surface area contributed by atoms with Gasteiger partial charge in [-0.1, -0.05) is 29.8 Å². The van der Waals surface area contributed by atoms with E-state index >= 15 is 0 Å². The second-order valence-electron chi connectivity index (χ2n) is 5.02. The first-order valence-electron chi connectivity index (χ1n) is 7.16. The Balaban J connectivity index is 2.01. The summed E-state index contributed by atoms with van der Waals surface area (Å²) in [7, 11) is 1.32. The maximum absolute atomic E-state index is 11.9. The number of methoxy groups -OCH3 is 1. The summed E-state index contributed by atoms with van der Waals surface area (Å²) in [6.07, 6.45) is -0.904. The Morgan fingerprint density at radius 1 is 1.17 bits per heavy atom. The molecule has 0 amide bonds. The van der Waals surface area contributed by atoms with E-state index in [2.05, 4.69) is 11.4 Å². The smallest absolute Gasteiger partial charge is 0.362 e. The number of nitrogens with one attached hydrogen (secondary N) is 1. The van der Waals surface area contributed by atoms with Gasteiger partial charge in [-0.3, -0.25) is 5.32 Å². The molecule has 0 bridgehead atoms. The van der Waals surface area contributed by atoms with E-state index < -0.39 is 12.2 Å². The Kier molecular flexibility index (Phi) is 5.73. The number of rotatable bonds is 6. The summed E-state index contributed by atoms with van der Waals surface area (Å²) in [6.45, 7) is 2.39. The molecule has 0 radical (unpaired) electrons. The van der Waals surface area contributed by atoms with Crippen molar-refractivity contribution in [2.45, 2.75) is 19.7 Å². The van der Waals surface area contributed by atoms with Gasteiger partial charge in [-0.15, -0.1) is 0 Å². The molecule has 5 nitrogen and oxygen atoms in total. The quantitative estimate of drug-likeness (QED) is 0.656. The molecule has 0 aliphatic heterocycles. The van der Waals surface area contributed by atoms with Gasteiger partial charge in [0.15, 0.2) is 0 Å². The lowest BCUT2D eigenvalue weighted by Crippen LogP contribution is -2.42. The fraction of sp³-hybridized carbons (Fsp3) is 0.222. The molecule has 2 aromatic rings. The van der Waals surface area contributed by atoms with Crippen molar-refractivity contribution < 1.29 is 14.3 Å². The van der Waals surface area contributed by atoms with Crippen LogP contribution in [0.2, 0.25) is 0 Å². The number of nitriles is 1. The van der Waals surface area contributed by atoms with Crippen LogP contribution in [-0.2, 0) is 16.1 Å². The summed E-state index contributed by atoms with van der Waals surface area (Å²) >= 11 is 0. The second-order valence-corrected chi connectivity index (χ2v) is 5.02. The standard InChI is InChI=1S/C18H18N2O3/c1-13-3-9-16(10-4-13)23-17(18(21)22-2)20-12-15-7-5-14(11-19)6-8-15/h3-10,17,20H,12H2,1-2H3. The molecule has 1 atom stereocenters. The third-order valence-corrected chi connectivity index (χ3v) is 3.26. The van der Waals surface area contributed by atoms with Gasteiger partial charge < -0.3 is 9.47 Å². The zero-order chi connectivity index (χ0) is 16.7. The van der Waals surface area contributed by atoms with Gasteiger partial charge in [0, 0.05) is 6.54 Å². The van der Waals surface area contributed by atoms with E-state index in [1.54, 1.807) is 24.3 Å². The molecule has 118 valence electrons. The van der Waals surface area contributed by atoms with Crippen molar-refractivity contribution in [3.63, 3.8) is 0 Å². The predicted molar refractivity (Wildman–Crippen MR) is 85.6 cm³/mol. The molecule has 0 aromatic heterocycles. The van der Waals surface area contributed by atoms with Gasteiger partial charge in [0.05, 0.1) is 18.7 Å². The minimum absolute atomic E-state index is 0.414. The van der Waals surface area contributed by atoms with E-state index in [-0.39, 0.29) is 0 Å². The number of aryl methyl sites for hydroxylation is 1. The lowest BCUT2D eigenvalue weighted by Gasteiger charge is -2.18. The highest BCUT2D eigenvalue weighted by Crippen LogP contribution is 2.13. The number of hydrogen-bond acceptors (Lipinski definition) is 5. The van der Waals surface area contributed by atoms with Crippen molar-refractivity contribution in [1.82, 2.24) is 5.32 Å². The van der Waals surface area contributed by atoms with Gasteiger partial charge >= 0.3 is 5.97 Å². The molecule has 23 heavy (non-hydrogen) atoms. The van der Waals surface area contributed by atoms with Crippen LogP contribution in [-0.4, -0.2) is 19.3 Å². The van der Waals surface area contributed by atoms with Gasteiger partial charge in [-0.05, 0) is 36.8 Å². The van der Waals surface area contributed by atoms with Gasteiger partial charge in [-0.25, -0.2) is 4.79 Å². The molecule has 0 fully saturated rings. The summed E-state index contributed by atoms with van der Waals surface area (Å²) in [4.78, 5) is 11.9. The number of nitrogens with zero attached hydrogens (tertiary/aromatic N) is 1. The molecule has 0 spiro atoms. The maximum atomic E-state index is 11.9. The molecule has 1 unspecified atom stereocenters. The SMILES string of the molecule is COC(=O)C(NCc1ccc(C#N)cc1)Oc1ccc(C)cc1. The number of esters is 1. The molecular formula is C18H18N2O3. The summed E-state index contributed by atoms with van der Waals surface area (Å²) in [5.41, 5.74) is 2.64. The zero-order valence-corrected chi connectivity index (χ0v) is 13.1. The Labute approximate surface area is 135 Å². The lowest BCUT2D eigenvalue weighted by molar-refractivity contribution is -0.150. The van der Waals surface area contributed by atoms with Crippen LogP contribution in [0.15, 0.2) is 48.5 Å². The van der Waals surface area contributed by atoms with E-state index in [0.717, 1.165) is 11.1 Å². The van der Waals surface area contributed by atoms with Crippen molar-refractivity contribution >= 4 is 5.97 Å². The van der Waals surface area contributed by atoms with Crippen molar-refractivity contribution in [2.75, 3.05) is 7.11 Å². The first-order valence-corrected chi connectivity index (χ1v) is 7.16. The van der Waals surface area contributed by atoms with E-state index in [4.69, 9.17) is 14.7 Å². The van der Waals surface area contributed by atoms with Crippen molar-refractivity contribution in [2.24, 2.45) is 0 Å². The highest BCUT2D eigenvalue weighted by molar-refractivity contribution is 5.74. The number of carbonyl (C=O) groups excluding carboxylic acids is 1. The van der Waals surface area contributed by atoms with Crippen LogP contribution in [0.1, 0.15) is 16.7 Å². The summed E-state index contributed by atoms with van der Waals surface area (Å²) in [5, 5.41) is 11.8. The molecule has 5 heteroatoms. The average molecular weight is 310 g/mol. The highest BCUT2D eigenvalue weighted by Gasteiger charge is 2.20. The summed E-state index contributed by atoms with van der Waals surface area (Å²) in [6, 6.07) is 16.6. The number of hydrogen-bond donors (Lipinski definition) is 1. The molecule has 2 rings (SSSR count). The Hall–Kier alpha value is -2.84. The number of benzene rings is 2. The third-order valence-electron chi connectivity index (χ3n) is 3.26. The minimum Gasteiger partial charge on any atom is -0.465 e. The van der Waals surface area contributed by atoms with Crippen LogP contribution in [0, 0.1) is 18.3 Å². The minimum atomic E-state index is -0.904. The van der Waals surface area contributed by atoms with Crippen LogP contribution >= 0.6 is 0 Å². The van der Waals surface area contributed by atoms with E-state index in [9.17, 15) is 4.79 Å². The predicted octanol–water partition coefficient (Wildman–Crippen LogP) is 2.53. The van der Waals surface area contributed by atoms with Gasteiger partial charge in [0.2, 0.25) is 6.23 Å².